The minimum atomic E-state index is -0.908. The van der Waals surface area contributed by atoms with E-state index >= 15 is 0 Å². The second kappa shape index (κ2) is 4.05. The second-order valence-electron chi connectivity index (χ2n) is 5.59. The fourth-order valence-electron chi connectivity index (χ4n) is 3.81. The number of carboxylic acid groups (broad SMARTS) is 2. The molecule has 5 heteroatoms. The SMILES string of the molecule is O=C(O)C1C2CCC(Cc3ccncc3)(C(=O)O)C21. The molecule has 2 fully saturated rings. The average Bonchev–Trinajstić information content (AvgIpc) is 3.01. The number of aliphatic carboxylic acids is 2. The molecule has 2 saturated carbocycles. The maximum absolute atomic E-state index is 11.7. The van der Waals surface area contributed by atoms with Gasteiger partial charge in [-0.15, -0.1) is 0 Å². The molecular weight excluding hydrogens is 246 g/mol. The molecule has 0 bridgehead atoms. The van der Waals surface area contributed by atoms with Gasteiger partial charge in [-0.05, 0) is 48.8 Å². The van der Waals surface area contributed by atoms with Gasteiger partial charge >= 0.3 is 11.9 Å². The Bertz CT molecular complexity index is 530. The lowest BCUT2D eigenvalue weighted by Gasteiger charge is -2.27. The third-order valence-corrected chi connectivity index (χ3v) is 4.71. The van der Waals surface area contributed by atoms with E-state index in [1.165, 1.54) is 0 Å². The van der Waals surface area contributed by atoms with Crippen molar-refractivity contribution in [1.29, 1.82) is 0 Å². The van der Waals surface area contributed by atoms with Crippen LogP contribution in [0.5, 0.6) is 0 Å². The molecule has 1 aromatic rings. The van der Waals surface area contributed by atoms with Crippen LogP contribution in [-0.2, 0) is 16.0 Å². The lowest BCUT2D eigenvalue weighted by Crippen LogP contribution is -2.35. The maximum atomic E-state index is 11.7. The van der Waals surface area contributed by atoms with E-state index in [-0.39, 0.29) is 11.8 Å². The van der Waals surface area contributed by atoms with Crippen LogP contribution in [0, 0.1) is 23.2 Å². The van der Waals surface area contributed by atoms with Crippen molar-refractivity contribution in [3.8, 4) is 0 Å². The molecule has 2 N–H and O–H groups in total. The summed E-state index contributed by atoms with van der Waals surface area (Å²) in [7, 11) is 0. The van der Waals surface area contributed by atoms with Gasteiger partial charge in [0.1, 0.15) is 0 Å². The summed E-state index contributed by atoms with van der Waals surface area (Å²) in [6.45, 7) is 0. The minimum Gasteiger partial charge on any atom is -0.481 e. The van der Waals surface area contributed by atoms with Crippen LogP contribution in [-0.4, -0.2) is 27.1 Å². The van der Waals surface area contributed by atoms with Crippen molar-refractivity contribution in [2.45, 2.75) is 19.3 Å². The minimum absolute atomic E-state index is 0.0513. The van der Waals surface area contributed by atoms with Crippen molar-refractivity contribution in [2.75, 3.05) is 0 Å². The summed E-state index contributed by atoms with van der Waals surface area (Å²) < 4.78 is 0. The molecule has 4 unspecified atom stereocenters. The van der Waals surface area contributed by atoms with Gasteiger partial charge in [-0.3, -0.25) is 14.6 Å². The van der Waals surface area contributed by atoms with Crippen molar-refractivity contribution in [3.63, 3.8) is 0 Å². The Morgan fingerprint density at radius 2 is 2.00 bits per heavy atom. The highest BCUT2D eigenvalue weighted by atomic mass is 16.4. The van der Waals surface area contributed by atoms with Crippen molar-refractivity contribution in [3.05, 3.63) is 30.1 Å². The highest BCUT2D eigenvalue weighted by Gasteiger charge is 2.70. The molecule has 0 aromatic carbocycles. The number of carboxylic acids is 2. The summed E-state index contributed by atoms with van der Waals surface area (Å²) in [5.41, 5.74) is 0.00353. The molecule has 5 nitrogen and oxygen atoms in total. The zero-order valence-electron chi connectivity index (χ0n) is 10.3. The number of pyridine rings is 1. The fourth-order valence-corrected chi connectivity index (χ4v) is 3.81. The second-order valence-corrected chi connectivity index (χ2v) is 5.59. The highest BCUT2D eigenvalue weighted by molar-refractivity contribution is 5.82. The number of hydrogen-bond acceptors (Lipinski definition) is 3. The number of carbonyl (C=O) groups is 2. The Balaban J connectivity index is 1.89. The van der Waals surface area contributed by atoms with Crippen molar-refractivity contribution >= 4 is 11.9 Å². The van der Waals surface area contributed by atoms with Gasteiger partial charge in [0.25, 0.3) is 0 Å². The van der Waals surface area contributed by atoms with Crippen molar-refractivity contribution in [2.24, 2.45) is 23.2 Å². The van der Waals surface area contributed by atoms with E-state index in [1.807, 2.05) is 0 Å². The first-order chi connectivity index (χ1) is 9.06. The summed E-state index contributed by atoms with van der Waals surface area (Å²) in [5, 5.41) is 18.7. The van der Waals surface area contributed by atoms with Crippen molar-refractivity contribution in [1.82, 2.24) is 4.98 Å². The fraction of sp³-hybridized carbons (Fsp3) is 0.500. The molecule has 0 spiro atoms. The number of fused-ring (bicyclic) bond motifs is 1. The largest absolute Gasteiger partial charge is 0.481 e. The Morgan fingerprint density at radius 3 is 2.53 bits per heavy atom. The molecule has 0 radical (unpaired) electrons. The van der Waals surface area contributed by atoms with E-state index in [9.17, 15) is 14.7 Å². The Morgan fingerprint density at radius 1 is 1.32 bits per heavy atom. The van der Waals surface area contributed by atoms with E-state index in [0.717, 1.165) is 5.56 Å². The standard InChI is InChI=1S/C14H15NO4/c16-12(17)10-9-1-4-14(11(9)10,13(18)19)7-8-2-5-15-6-3-8/h2-3,5-6,9-11H,1,4,7H2,(H,16,17)(H,18,19). The normalized spacial score (nSPS) is 35.7. The van der Waals surface area contributed by atoms with Gasteiger partial charge in [0.05, 0.1) is 11.3 Å². The molecule has 100 valence electrons. The predicted molar refractivity (Wildman–Crippen MR) is 65.3 cm³/mol. The van der Waals surface area contributed by atoms with E-state index in [1.54, 1.807) is 24.5 Å². The topological polar surface area (TPSA) is 87.5 Å². The molecule has 3 rings (SSSR count). The lowest BCUT2D eigenvalue weighted by atomic mass is 9.76. The van der Waals surface area contributed by atoms with Crippen LogP contribution < -0.4 is 0 Å². The van der Waals surface area contributed by atoms with Gasteiger partial charge < -0.3 is 10.2 Å². The van der Waals surface area contributed by atoms with Gasteiger partial charge in [0, 0.05) is 12.4 Å². The van der Waals surface area contributed by atoms with E-state index < -0.39 is 23.3 Å². The highest BCUT2D eigenvalue weighted by Crippen LogP contribution is 2.67. The van der Waals surface area contributed by atoms with Gasteiger partial charge in [-0.1, -0.05) is 0 Å². The smallest absolute Gasteiger partial charge is 0.310 e. The predicted octanol–water partition coefficient (Wildman–Crippen LogP) is 1.44. The van der Waals surface area contributed by atoms with Gasteiger partial charge in [-0.2, -0.15) is 0 Å². The van der Waals surface area contributed by atoms with Gasteiger partial charge in [-0.25, -0.2) is 0 Å². The first-order valence-corrected chi connectivity index (χ1v) is 6.41. The van der Waals surface area contributed by atoms with Crippen LogP contribution >= 0.6 is 0 Å². The lowest BCUT2D eigenvalue weighted by molar-refractivity contribution is -0.151. The molecule has 2 aliphatic rings. The quantitative estimate of drug-likeness (QED) is 0.856. The maximum Gasteiger partial charge on any atom is 0.310 e. The monoisotopic (exact) mass is 261 g/mol. The van der Waals surface area contributed by atoms with E-state index in [0.29, 0.717) is 19.3 Å². The van der Waals surface area contributed by atoms with Crippen molar-refractivity contribution < 1.29 is 19.8 Å². The Kier molecular flexibility index (Phi) is 2.59. The van der Waals surface area contributed by atoms with E-state index in [2.05, 4.69) is 4.98 Å². The molecule has 0 amide bonds. The molecule has 0 aliphatic heterocycles. The molecule has 4 atom stereocenters. The first kappa shape index (κ1) is 12.1. The number of nitrogens with zero attached hydrogens (tertiary/aromatic N) is 1. The van der Waals surface area contributed by atoms with Crippen LogP contribution in [0.15, 0.2) is 24.5 Å². The van der Waals surface area contributed by atoms with Crippen LogP contribution in [0.3, 0.4) is 0 Å². The first-order valence-electron chi connectivity index (χ1n) is 6.41. The summed E-state index contributed by atoms with van der Waals surface area (Å²) in [5.74, 6) is -2.34. The third-order valence-electron chi connectivity index (χ3n) is 4.71. The zero-order chi connectivity index (χ0) is 13.6. The Hall–Kier alpha value is -1.91. The van der Waals surface area contributed by atoms with Crippen LogP contribution in [0.2, 0.25) is 0 Å². The summed E-state index contributed by atoms with van der Waals surface area (Å²) in [6, 6.07) is 3.60. The van der Waals surface area contributed by atoms with Crippen LogP contribution in [0.4, 0.5) is 0 Å². The number of hydrogen-bond donors (Lipinski definition) is 2. The average molecular weight is 261 g/mol. The Labute approximate surface area is 110 Å². The molecule has 1 heterocycles. The third kappa shape index (κ3) is 1.72. The summed E-state index contributed by atoms with van der Waals surface area (Å²) in [6.07, 6.45) is 4.95. The number of rotatable bonds is 4. The summed E-state index contributed by atoms with van der Waals surface area (Å²) in [4.78, 5) is 26.8. The summed E-state index contributed by atoms with van der Waals surface area (Å²) >= 11 is 0. The van der Waals surface area contributed by atoms with Gasteiger partial charge in [0.15, 0.2) is 0 Å². The van der Waals surface area contributed by atoms with E-state index in [4.69, 9.17) is 5.11 Å². The molecule has 19 heavy (non-hydrogen) atoms. The number of aromatic nitrogens is 1. The zero-order valence-corrected chi connectivity index (χ0v) is 10.3. The van der Waals surface area contributed by atoms with Gasteiger partial charge in [0.2, 0.25) is 0 Å². The molecule has 2 aliphatic carbocycles. The van der Waals surface area contributed by atoms with Crippen LogP contribution in [0.25, 0.3) is 0 Å². The molecule has 0 saturated heterocycles. The van der Waals surface area contributed by atoms with Crippen LogP contribution in [0.1, 0.15) is 18.4 Å². The molecule has 1 aromatic heterocycles. The molecular formula is C14H15NO4.